The Morgan fingerprint density at radius 2 is 1.77 bits per heavy atom. The molecule has 1 aliphatic rings. The summed E-state index contributed by atoms with van der Waals surface area (Å²) in [4.78, 5) is 27.9. The molecule has 6 heteroatoms. The van der Waals surface area contributed by atoms with E-state index in [0.717, 1.165) is 5.56 Å². The van der Waals surface area contributed by atoms with Crippen LogP contribution in [0.15, 0.2) is 12.1 Å². The van der Waals surface area contributed by atoms with Gasteiger partial charge in [0, 0.05) is 37.6 Å². The van der Waals surface area contributed by atoms with Crippen LogP contribution >= 0.6 is 11.6 Å². The van der Waals surface area contributed by atoms with Gasteiger partial charge in [0.2, 0.25) is 5.91 Å². The normalized spacial score (nSPS) is 14.9. The molecule has 0 aliphatic carbocycles. The summed E-state index contributed by atoms with van der Waals surface area (Å²) in [7, 11) is 1.54. The summed E-state index contributed by atoms with van der Waals surface area (Å²) in [5.41, 5.74) is 1.33. The Hall–Kier alpha value is -1.75. The van der Waals surface area contributed by atoms with Gasteiger partial charge in [0.1, 0.15) is 5.75 Å². The summed E-state index contributed by atoms with van der Waals surface area (Å²) < 4.78 is 5.30. The minimum atomic E-state index is -0.109. The third-order valence-corrected chi connectivity index (χ3v) is 4.34. The first-order valence-corrected chi connectivity index (χ1v) is 7.77. The highest BCUT2D eigenvalue weighted by Gasteiger charge is 2.26. The second-order valence-corrected chi connectivity index (χ2v) is 5.74. The molecule has 1 aromatic rings. The largest absolute Gasteiger partial charge is 0.496 e. The highest BCUT2D eigenvalue weighted by molar-refractivity contribution is 6.31. The molecule has 0 spiro atoms. The smallest absolute Gasteiger partial charge is 0.257 e. The molecule has 1 heterocycles. The Labute approximate surface area is 135 Å². The second kappa shape index (κ2) is 7.01. The van der Waals surface area contributed by atoms with Gasteiger partial charge in [-0.15, -0.1) is 0 Å². The fraction of sp³-hybridized carbons (Fsp3) is 0.500. The van der Waals surface area contributed by atoms with E-state index in [1.165, 1.54) is 7.11 Å². The van der Waals surface area contributed by atoms with Crippen LogP contribution in [0.4, 0.5) is 0 Å². The highest BCUT2D eigenvalue weighted by Crippen LogP contribution is 2.28. The molecule has 2 rings (SSSR count). The topological polar surface area (TPSA) is 49.9 Å². The molecule has 5 nitrogen and oxygen atoms in total. The first kappa shape index (κ1) is 16.6. The Balaban J connectivity index is 2.13. The quantitative estimate of drug-likeness (QED) is 0.857. The predicted molar refractivity (Wildman–Crippen MR) is 85.5 cm³/mol. The summed E-state index contributed by atoms with van der Waals surface area (Å²) >= 11 is 6.13. The molecule has 0 radical (unpaired) electrons. The molecule has 0 bridgehead atoms. The van der Waals surface area contributed by atoms with Crippen LogP contribution in [0.2, 0.25) is 5.02 Å². The molecule has 2 amide bonds. The van der Waals surface area contributed by atoms with Crippen molar-refractivity contribution < 1.29 is 14.3 Å². The number of hydrogen-bond acceptors (Lipinski definition) is 3. The van der Waals surface area contributed by atoms with Crippen molar-refractivity contribution >= 4 is 23.4 Å². The number of nitrogens with zero attached hydrogens (tertiary/aromatic N) is 2. The molecule has 22 heavy (non-hydrogen) atoms. The van der Waals surface area contributed by atoms with Gasteiger partial charge >= 0.3 is 0 Å². The molecular formula is C16H21ClN2O3. The molecule has 0 atom stereocenters. The lowest BCUT2D eigenvalue weighted by Crippen LogP contribution is -2.50. The van der Waals surface area contributed by atoms with Gasteiger partial charge < -0.3 is 14.5 Å². The molecular weight excluding hydrogens is 304 g/mol. The summed E-state index contributed by atoms with van der Waals surface area (Å²) in [5, 5.41) is 0.545. The molecule has 1 saturated heterocycles. The van der Waals surface area contributed by atoms with Gasteiger partial charge in [0.05, 0.1) is 12.7 Å². The lowest BCUT2D eigenvalue weighted by atomic mass is 10.1. The predicted octanol–water partition coefficient (Wildman–Crippen LogP) is 2.35. The van der Waals surface area contributed by atoms with Crippen LogP contribution in [0.5, 0.6) is 5.75 Å². The zero-order valence-corrected chi connectivity index (χ0v) is 13.9. The van der Waals surface area contributed by atoms with E-state index in [4.69, 9.17) is 16.3 Å². The van der Waals surface area contributed by atoms with Crippen molar-refractivity contribution in [3.05, 3.63) is 28.3 Å². The van der Waals surface area contributed by atoms with Crippen molar-refractivity contribution in [2.24, 2.45) is 0 Å². The highest BCUT2D eigenvalue weighted by atomic mass is 35.5. The van der Waals surface area contributed by atoms with E-state index >= 15 is 0 Å². The maximum Gasteiger partial charge on any atom is 0.257 e. The summed E-state index contributed by atoms with van der Waals surface area (Å²) in [6.07, 6.45) is 0.495. The Bertz CT molecular complexity index is 581. The Morgan fingerprint density at radius 3 is 2.32 bits per heavy atom. The second-order valence-electron chi connectivity index (χ2n) is 5.33. The van der Waals surface area contributed by atoms with Crippen LogP contribution in [0.1, 0.15) is 29.3 Å². The number of aryl methyl sites for hydroxylation is 1. The van der Waals surface area contributed by atoms with Crippen LogP contribution in [0, 0.1) is 6.92 Å². The molecule has 0 unspecified atom stereocenters. The van der Waals surface area contributed by atoms with Crippen molar-refractivity contribution in [3.63, 3.8) is 0 Å². The molecule has 1 fully saturated rings. The maximum atomic E-state index is 12.7. The van der Waals surface area contributed by atoms with Gasteiger partial charge in [-0.25, -0.2) is 0 Å². The Morgan fingerprint density at radius 1 is 1.18 bits per heavy atom. The van der Waals surface area contributed by atoms with Crippen LogP contribution in [0.3, 0.4) is 0 Å². The number of halogens is 1. The molecule has 0 N–H and O–H groups in total. The SMILES string of the molecule is CCC(=O)N1CCN(C(=O)c2cc(Cl)c(C)cc2OC)CC1. The Kier molecular flexibility index (Phi) is 5.29. The summed E-state index contributed by atoms with van der Waals surface area (Å²) in [6, 6.07) is 3.42. The number of benzene rings is 1. The molecule has 120 valence electrons. The lowest BCUT2D eigenvalue weighted by Gasteiger charge is -2.35. The average Bonchev–Trinajstić information content (AvgIpc) is 2.55. The van der Waals surface area contributed by atoms with Crippen LogP contribution in [0.25, 0.3) is 0 Å². The lowest BCUT2D eigenvalue weighted by molar-refractivity contribution is -0.132. The number of carbonyl (C=O) groups excluding carboxylic acids is 2. The van der Waals surface area contributed by atoms with Crippen molar-refractivity contribution in [1.29, 1.82) is 0 Å². The summed E-state index contributed by atoms with van der Waals surface area (Å²) in [6.45, 7) is 5.91. The van der Waals surface area contributed by atoms with Gasteiger partial charge in [-0.1, -0.05) is 18.5 Å². The van der Waals surface area contributed by atoms with Crippen LogP contribution in [-0.2, 0) is 4.79 Å². The number of ether oxygens (including phenoxy) is 1. The average molecular weight is 325 g/mol. The standard InChI is InChI=1S/C16H21ClN2O3/c1-4-15(20)18-5-7-19(8-6-18)16(21)12-10-13(17)11(2)9-14(12)22-3/h9-10H,4-8H2,1-3H3. The van der Waals surface area contributed by atoms with E-state index in [1.54, 1.807) is 21.9 Å². The third kappa shape index (κ3) is 3.35. The number of amides is 2. The van der Waals surface area contributed by atoms with Gasteiger partial charge in [-0.05, 0) is 24.6 Å². The third-order valence-electron chi connectivity index (χ3n) is 3.93. The van der Waals surface area contributed by atoms with Crippen molar-refractivity contribution in [3.8, 4) is 5.75 Å². The number of piperazine rings is 1. The first-order valence-electron chi connectivity index (χ1n) is 7.39. The van der Waals surface area contributed by atoms with E-state index in [1.807, 2.05) is 13.8 Å². The molecule has 0 aromatic heterocycles. The van der Waals surface area contributed by atoms with E-state index < -0.39 is 0 Å². The fourth-order valence-electron chi connectivity index (χ4n) is 2.54. The number of methoxy groups -OCH3 is 1. The van der Waals surface area contributed by atoms with Gasteiger partial charge in [-0.3, -0.25) is 9.59 Å². The van der Waals surface area contributed by atoms with Crippen LogP contribution < -0.4 is 4.74 Å². The molecule has 1 aliphatic heterocycles. The van der Waals surface area contributed by atoms with E-state index in [9.17, 15) is 9.59 Å². The van der Waals surface area contributed by atoms with Gasteiger partial charge in [-0.2, -0.15) is 0 Å². The van der Waals surface area contributed by atoms with Crippen molar-refractivity contribution in [2.75, 3.05) is 33.3 Å². The van der Waals surface area contributed by atoms with E-state index in [2.05, 4.69) is 0 Å². The molecule has 1 aromatic carbocycles. The number of hydrogen-bond donors (Lipinski definition) is 0. The van der Waals surface area contributed by atoms with Gasteiger partial charge in [0.25, 0.3) is 5.91 Å². The van der Waals surface area contributed by atoms with E-state index in [-0.39, 0.29) is 11.8 Å². The maximum absolute atomic E-state index is 12.7. The van der Waals surface area contributed by atoms with E-state index in [0.29, 0.717) is 48.9 Å². The molecule has 0 saturated carbocycles. The first-order chi connectivity index (χ1) is 10.5. The van der Waals surface area contributed by atoms with Crippen LogP contribution in [-0.4, -0.2) is 54.9 Å². The number of rotatable bonds is 3. The zero-order chi connectivity index (χ0) is 16.3. The van der Waals surface area contributed by atoms with Crippen molar-refractivity contribution in [2.45, 2.75) is 20.3 Å². The van der Waals surface area contributed by atoms with Gasteiger partial charge in [0.15, 0.2) is 0 Å². The fourth-order valence-corrected chi connectivity index (χ4v) is 2.71. The summed E-state index contributed by atoms with van der Waals surface area (Å²) in [5.74, 6) is 0.546. The number of carbonyl (C=O) groups is 2. The van der Waals surface area contributed by atoms with Crippen molar-refractivity contribution in [1.82, 2.24) is 9.80 Å². The zero-order valence-electron chi connectivity index (χ0n) is 13.2. The monoisotopic (exact) mass is 324 g/mol. The minimum Gasteiger partial charge on any atom is -0.496 e. The minimum absolute atomic E-state index is 0.109.